The van der Waals surface area contributed by atoms with Gasteiger partial charge in [0.25, 0.3) is 5.91 Å². The largest absolute Gasteiger partial charge is 0.508 e. The molecule has 2 rings (SSSR count). The number of rotatable bonds is 5. The van der Waals surface area contributed by atoms with E-state index < -0.39 is 0 Å². The van der Waals surface area contributed by atoms with Crippen LogP contribution in [0.3, 0.4) is 0 Å². The molecule has 0 saturated heterocycles. The average molecular weight is 337 g/mol. The summed E-state index contributed by atoms with van der Waals surface area (Å²) in [6.07, 6.45) is 2.89. The number of hydrogen-bond acceptors (Lipinski definition) is 2. The fraction of sp³-hybridized carbons (Fsp3) is 0.267. The Labute approximate surface area is 126 Å². The molecule has 0 aliphatic rings. The molecule has 0 saturated carbocycles. The van der Waals surface area contributed by atoms with E-state index in [1.165, 1.54) is 0 Å². The Kier molecular flexibility index (Phi) is 4.84. The van der Waals surface area contributed by atoms with E-state index in [9.17, 15) is 9.90 Å². The molecule has 20 heavy (non-hydrogen) atoms. The van der Waals surface area contributed by atoms with Gasteiger partial charge in [0.15, 0.2) is 0 Å². The molecule has 0 aliphatic heterocycles. The van der Waals surface area contributed by atoms with Gasteiger partial charge >= 0.3 is 0 Å². The van der Waals surface area contributed by atoms with Gasteiger partial charge in [-0.3, -0.25) is 4.79 Å². The van der Waals surface area contributed by atoms with Crippen LogP contribution >= 0.6 is 15.9 Å². The highest BCUT2D eigenvalue weighted by Crippen LogP contribution is 2.16. The molecule has 5 heteroatoms. The Hall–Kier alpha value is -1.75. The SMILES string of the molecule is CCCn1cc(Br)cc1C(=O)NCc1ccc(O)cc1. The Morgan fingerprint density at radius 3 is 2.70 bits per heavy atom. The monoisotopic (exact) mass is 336 g/mol. The first-order valence-corrected chi connectivity index (χ1v) is 7.31. The van der Waals surface area contributed by atoms with Crippen molar-refractivity contribution in [1.29, 1.82) is 0 Å². The van der Waals surface area contributed by atoms with E-state index in [0.717, 1.165) is 23.0 Å². The molecule has 0 atom stereocenters. The maximum absolute atomic E-state index is 12.2. The van der Waals surface area contributed by atoms with Gasteiger partial charge in [-0.05, 0) is 46.1 Å². The lowest BCUT2D eigenvalue weighted by molar-refractivity contribution is 0.0941. The number of carbonyl (C=O) groups is 1. The predicted octanol–water partition coefficient (Wildman–Crippen LogP) is 3.30. The van der Waals surface area contributed by atoms with Crippen molar-refractivity contribution in [2.24, 2.45) is 0 Å². The Balaban J connectivity index is 2.03. The van der Waals surface area contributed by atoms with Crippen molar-refractivity contribution in [2.75, 3.05) is 0 Å². The summed E-state index contributed by atoms with van der Waals surface area (Å²) in [4.78, 5) is 12.2. The van der Waals surface area contributed by atoms with E-state index in [1.54, 1.807) is 24.3 Å². The van der Waals surface area contributed by atoms with Gasteiger partial charge in [0.05, 0.1) is 0 Å². The summed E-state index contributed by atoms with van der Waals surface area (Å²) in [5, 5.41) is 12.1. The molecule has 1 aromatic carbocycles. The first-order valence-electron chi connectivity index (χ1n) is 6.52. The summed E-state index contributed by atoms with van der Waals surface area (Å²) in [5.41, 5.74) is 1.60. The molecular weight excluding hydrogens is 320 g/mol. The maximum Gasteiger partial charge on any atom is 0.268 e. The number of halogens is 1. The van der Waals surface area contributed by atoms with Crippen LogP contribution in [0.4, 0.5) is 0 Å². The summed E-state index contributed by atoms with van der Waals surface area (Å²) in [6, 6.07) is 8.62. The van der Waals surface area contributed by atoms with E-state index in [4.69, 9.17) is 0 Å². The third-order valence-corrected chi connectivity index (χ3v) is 3.38. The van der Waals surface area contributed by atoms with Crippen molar-refractivity contribution in [3.05, 3.63) is 52.3 Å². The van der Waals surface area contributed by atoms with Gasteiger partial charge in [-0.2, -0.15) is 0 Å². The normalized spacial score (nSPS) is 10.5. The number of nitrogens with zero attached hydrogens (tertiary/aromatic N) is 1. The molecule has 4 nitrogen and oxygen atoms in total. The van der Waals surface area contributed by atoms with Crippen LogP contribution < -0.4 is 5.32 Å². The number of phenols is 1. The highest BCUT2D eigenvalue weighted by atomic mass is 79.9. The van der Waals surface area contributed by atoms with Crippen molar-refractivity contribution in [1.82, 2.24) is 9.88 Å². The van der Waals surface area contributed by atoms with Crippen molar-refractivity contribution >= 4 is 21.8 Å². The molecule has 0 radical (unpaired) electrons. The number of aromatic nitrogens is 1. The third kappa shape index (κ3) is 3.63. The summed E-state index contributed by atoms with van der Waals surface area (Å²) < 4.78 is 2.84. The minimum Gasteiger partial charge on any atom is -0.508 e. The molecule has 0 unspecified atom stereocenters. The van der Waals surface area contributed by atoms with Gasteiger partial charge in [0, 0.05) is 23.8 Å². The highest BCUT2D eigenvalue weighted by Gasteiger charge is 2.12. The molecule has 0 fully saturated rings. The molecule has 2 N–H and O–H groups in total. The number of benzene rings is 1. The van der Waals surface area contributed by atoms with Gasteiger partial charge in [-0.25, -0.2) is 0 Å². The van der Waals surface area contributed by atoms with Crippen LogP contribution in [0.1, 0.15) is 29.4 Å². The number of amides is 1. The van der Waals surface area contributed by atoms with Crippen LogP contribution in [0.15, 0.2) is 41.0 Å². The Bertz CT molecular complexity index is 590. The fourth-order valence-corrected chi connectivity index (χ4v) is 2.44. The number of aromatic hydroxyl groups is 1. The number of hydrogen-bond donors (Lipinski definition) is 2. The smallest absolute Gasteiger partial charge is 0.268 e. The Morgan fingerprint density at radius 2 is 2.05 bits per heavy atom. The molecule has 106 valence electrons. The van der Waals surface area contributed by atoms with Gasteiger partial charge in [-0.1, -0.05) is 19.1 Å². The zero-order valence-electron chi connectivity index (χ0n) is 11.3. The summed E-state index contributed by atoms with van der Waals surface area (Å²) in [7, 11) is 0. The lowest BCUT2D eigenvalue weighted by atomic mass is 10.2. The van der Waals surface area contributed by atoms with Crippen molar-refractivity contribution in [3.8, 4) is 5.75 Å². The molecule has 2 aromatic rings. The summed E-state index contributed by atoms with van der Waals surface area (Å²) in [5.74, 6) is 0.123. The highest BCUT2D eigenvalue weighted by molar-refractivity contribution is 9.10. The quantitative estimate of drug-likeness (QED) is 0.880. The lowest BCUT2D eigenvalue weighted by Crippen LogP contribution is -2.25. The predicted molar refractivity (Wildman–Crippen MR) is 81.7 cm³/mol. The molecule has 0 aliphatic carbocycles. The molecule has 1 amide bonds. The third-order valence-electron chi connectivity index (χ3n) is 2.95. The van der Waals surface area contributed by atoms with Gasteiger partial charge in [-0.15, -0.1) is 0 Å². The second kappa shape index (κ2) is 6.61. The van der Waals surface area contributed by atoms with E-state index in [1.807, 2.05) is 16.8 Å². The fourth-order valence-electron chi connectivity index (χ4n) is 1.98. The maximum atomic E-state index is 12.2. The zero-order valence-corrected chi connectivity index (χ0v) is 12.9. The van der Waals surface area contributed by atoms with Crippen LogP contribution in [0.5, 0.6) is 5.75 Å². The van der Waals surface area contributed by atoms with E-state index in [-0.39, 0.29) is 11.7 Å². The van der Waals surface area contributed by atoms with E-state index >= 15 is 0 Å². The van der Waals surface area contributed by atoms with Crippen molar-refractivity contribution < 1.29 is 9.90 Å². The Morgan fingerprint density at radius 1 is 1.35 bits per heavy atom. The minimum absolute atomic E-state index is 0.0998. The van der Waals surface area contributed by atoms with Crippen molar-refractivity contribution in [2.45, 2.75) is 26.4 Å². The van der Waals surface area contributed by atoms with Crippen LogP contribution in [-0.2, 0) is 13.1 Å². The van der Waals surface area contributed by atoms with Gasteiger partial charge < -0.3 is 15.0 Å². The van der Waals surface area contributed by atoms with Gasteiger partial charge in [0.2, 0.25) is 0 Å². The minimum atomic E-state index is -0.0998. The second-order valence-electron chi connectivity index (χ2n) is 4.59. The molecule has 0 bridgehead atoms. The second-order valence-corrected chi connectivity index (χ2v) is 5.50. The molecule has 0 spiro atoms. The first kappa shape index (κ1) is 14.7. The first-order chi connectivity index (χ1) is 9.60. The van der Waals surface area contributed by atoms with Crippen LogP contribution in [-0.4, -0.2) is 15.6 Å². The summed E-state index contributed by atoms with van der Waals surface area (Å²) >= 11 is 3.40. The van der Waals surface area contributed by atoms with Crippen LogP contribution in [0, 0.1) is 0 Å². The summed E-state index contributed by atoms with van der Waals surface area (Å²) in [6.45, 7) is 3.33. The van der Waals surface area contributed by atoms with Gasteiger partial charge in [0.1, 0.15) is 11.4 Å². The number of nitrogens with one attached hydrogen (secondary N) is 1. The average Bonchev–Trinajstić information content (AvgIpc) is 2.79. The van der Waals surface area contributed by atoms with Crippen molar-refractivity contribution in [3.63, 3.8) is 0 Å². The zero-order chi connectivity index (χ0) is 14.5. The van der Waals surface area contributed by atoms with E-state index in [0.29, 0.717) is 12.2 Å². The lowest BCUT2D eigenvalue weighted by Gasteiger charge is -2.08. The molecule has 1 aromatic heterocycles. The molecular formula is C15H17BrN2O2. The van der Waals surface area contributed by atoms with E-state index in [2.05, 4.69) is 28.2 Å². The number of carbonyl (C=O) groups excluding carboxylic acids is 1. The van der Waals surface area contributed by atoms with Crippen LogP contribution in [0.25, 0.3) is 0 Å². The topological polar surface area (TPSA) is 54.3 Å². The standard InChI is InChI=1S/C15H17BrN2O2/c1-2-7-18-10-12(16)8-14(18)15(20)17-9-11-3-5-13(19)6-4-11/h3-6,8,10,19H,2,7,9H2,1H3,(H,17,20). The van der Waals surface area contributed by atoms with Crippen LogP contribution in [0.2, 0.25) is 0 Å². The molecule has 1 heterocycles. The number of phenolic OH excluding ortho intramolecular Hbond substituents is 1. The number of aryl methyl sites for hydroxylation is 1.